The summed E-state index contributed by atoms with van der Waals surface area (Å²) in [7, 11) is 3.20. The minimum absolute atomic E-state index is 0.0870. The van der Waals surface area contributed by atoms with Crippen molar-refractivity contribution in [3.05, 3.63) is 23.8 Å². The van der Waals surface area contributed by atoms with E-state index in [-0.39, 0.29) is 6.03 Å². The second kappa shape index (κ2) is 8.26. The van der Waals surface area contributed by atoms with Crippen LogP contribution in [0.5, 0.6) is 11.5 Å². The number of nitrogens with zero attached hydrogens (tertiary/aromatic N) is 2. The summed E-state index contributed by atoms with van der Waals surface area (Å²) in [5, 5.41) is 2.91. The Bertz CT molecular complexity index is 542. The standard InChI is InChI=1S/C16H23N3O4/c1-22-14-4-3-13(11-15(14)23-2)5-6-17-16(21)19-9-7-18(12-20)8-10-19/h3-4,11-12H,5-10H2,1-2H3,(H,17,21). The molecular weight excluding hydrogens is 298 g/mol. The number of ether oxygens (including phenoxy) is 2. The van der Waals surface area contributed by atoms with Gasteiger partial charge in [-0.05, 0) is 24.1 Å². The van der Waals surface area contributed by atoms with Gasteiger partial charge in [0.15, 0.2) is 11.5 Å². The van der Waals surface area contributed by atoms with Crippen LogP contribution in [0.1, 0.15) is 5.56 Å². The Labute approximate surface area is 136 Å². The molecular formula is C16H23N3O4. The molecule has 1 aromatic carbocycles. The van der Waals surface area contributed by atoms with E-state index >= 15 is 0 Å². The summed E-state index contributed by atoms with van der Waals surface area (Å²) >= 11 is 0. The lowest BCUT2D eigenvalue weighted by Gasteiger charge is -2.32. The number of hydrogen-bond acceptors (Lipinski definition) is 4. The van der Waals surface area contributed by atoms with Gasteiger partial charge in [0.05, 0.1) is 14.2 Å². The van der Waals surface area contributed by atoms with Gasteiger partial charge in [-0.15, -0.1) is 0 Å². The fraction of sp³-hybridized carbons (Fsp3) is 0.500. The fourth-order valence-corrected chi connectivity index (χ4v) is 2.49. The lowest BCUT2D eigenvalue weighted by atomic mass is 10.1. The molecule has 0 unspecified atom stereocenters. The van der Waals surface area contributed by atoms with E-state index in [1.165, 1.54) is 0 Å². The van der Waals surface area contributed by atoms with Crippen molar-refractivity contribution in [1.82, 2.24) is 15.1 Å². The van der Waals surface area contributed by atoms with Gasteiger partial charge in [-0.1, -0.05) is 6.07 Å². The summed E-state index contributed by atoms with van der Waals surface area (Å²) < 4.78 is 10.5. The molecule has 1 aromatic rings. The highest BCUT2D eigenvalue weighted by molar-refractivity contribution is 5.74. The van der Waals surface area contributed by atoms with Gasteiger partial charge >= 0.3 is 6.03 Å². The zero-order valence-electron chi connectivity index (χ0n) is 13.6. The van der Waals surface area contributed by atoms with Crippen molar-refractivity contribution in [3.8, 4) is 11.5 Å². The number of carbonyl (C=O) groups excluding carboxylic acids is 2. The molecule has 0 spiro atoms. The lowest BCUT2D eigenvalue weighted by Crippen LogP contribution is -2.51. The molecule has 23 heavy (non-hydrogen) atoms. The molecule has 1 N–H and O–H groups in total. The van der Waals surface area contributed by atoms with Gasteiger partial charge in [0.1, 0.15) is 0 Å². The summed E-state index contributed by atoms with van der Waals surface area (Å²) in [6, 6.07) is 5.63. The van der Waals surface area contributed by atoms with Crippen LogP contribution < -0.4 is 14.8 Å². The quantitative estimate of drug-likeness (QED) is 0.784. The largest absolute Gasteiger partial charge is 0.493 e. The molecule has 1 aliphatic heterocycles. The summed E-state index contributed by atoms with van der Waals surface area (Å²) in [4.78, 5) is 26.1. The van der Waals surface area contributed by atoms with Gasteiger partial charge in [0.2, 0.25) is 6.41 Å². The molecule has 1 aliphatic rings. The summed E-state index contributed by atoms with van der Waals surface area (Å²) in [6.07, 6.45) is 1.53. The van der Waals surface area contributed by atoms with E-state index in [1.807, 2.05) is 18.2 Å². The van der Waals surface area contributed by atoms with Crippen LogP contribution in [0.15, 0.2) is 18.2 Å². The Hall–Kier alpha value is -2.44. The van der Waals surface area contributed by atoms with Crippen LogP contribution >= 0.6 is 0 Å². The molecule has 126 valence electrons. The van der Waals surface area contributed by atoms with Gasteiger partial charge in [-0.3, -0.25) is 4.79 Å². The number of methoxy groups -OCH3 is 2. The maximum Gasteiger partial charge on any atom is 0.317 e. The molecule has 7 heteroatoms. The Morgan fingerprint density at radius 2 is 1.87 bits per heavy atom. The van der Waals surface area contributed by atoms with E-state index in [0.29, 0.717) is 50.6 Å². The van der Waals surface area contributed by atoms with Gasteiger partial charge in [0, 0.05) is 32.7 Å². The smallest absolute Gasteiger partial charge is 0.317 e. The summed E-state index contributed by atoms with van der Waals surface area (Å²) in [5.74, 6) is 1.37. The van der Waals surface area contributed by atoms with Crippen molar-refractivity contribution in [2.75, 3.05) is 46.9 Å². The van der Waals surface area contributed by atoms with Gasteiger partial charge in [0.25, 0.3) is 0 Å². The Balaban J connectivity index is 1.78. The van der Waals surface area contributed by atoms with E-state index in [1.54, 1.807) is 24.0 Å². The summed E-state index contributed by atoms with van der Waals surface area (Å²) in [6.45, 7) is 2.86. The number of benzene rings is 1. The molecule has 0 aromatic heterocycles. The van der Waals surface area contributed by atoms with Crippen LogP contribution in [0.4, 0.5) is 4.79 Å². The topological polar surface area (TPSA) is 71.1 Å². The monoisotopic (exact) mass is 321 g/mol. The number of piperazine rings is 1. The number of amides is 3. The Morgan fingerprint density at radius 1 is 1.17 bits per heavy atom. The third-order valence-corrected chi connectivity index (χ3v) is 3.89. The van der Waals surface area contributed by atoms with Gasteiger partial charge < -0.3 is 24.6 Å². The third-order valence-electron chi connectivity index (χ3n) is 3.89. The second-order valence-corrected chi connectivity index (χ2v) is 5.30. The van der Waals surface area contributed by atoms with Crippen molar-refractivity contribution in [3.63, 3.8) is 0 Å². The van der Waals surface area contributed by atoms with Crippen molar-refractivity contribution in [2.45, 2.75) is 6.42 Å². The maximum atomic E-state index is 12.1. The molecule has 7 nitrogen and oxygen atoms in total. The minimum atomic E-state index is -0.0870. The highest BCUT2D eigenvalue weighted by atomic mass is 16.5. The van der Waals surface area contributed by atoms with E-state index in [2.05, 4.69) is 5.32 Å². The average Bonchev–Trinajstić information content (AvgIpc) is 2.61. The van der Waals surface area contributed by atoms with E-state index in [4.69, 9.17) is 9.47 Å². The first kappa shape index (κ1) is 16.9. The molecule has 1 fully saturated rings. The molecule has 2 rings (SSSR count). The van der Waals surface area contributed by atoms with E-state index in [0.717, 1.165) is 12.0 Å². The number of nitrogens with one attached hydrogen (secondary N) is 1. The third kappa shape index (κ3) is 4.51. The molecule has 0 radical (unpaired) electrons. The van der Waals surface area contributed by atoms with Crippen molar-refractivity contribution in [2.24, 2.45) is 0 Å². The molecule has 1 heterocycles. The van der Waals surface area contributed by atoms with Crippen LogP contribution in [-0.4, -0.2) is 69.2 Å². The molecule has 0 saturated carbocycles. The predicted molar refractivity (Wildman–Crippen MR) is 85.9 cm³/mol. The minimum Gasteiger partial charge on any atom is -0.493 e. The first-order chi connectivity index (χ1) is 11.2. The normalized spacial score (nSPS) is 14.3. The van der Waals surface area contributed by atoms with Crippen molar-refractivity contribution >= 4 is 12.4 Å². The fourth-order valence-electron chi connectivity index (χ4n) is 2.49. The average molecular weight is 321 g/mol. The lowest BCUT2D eigenvalue weighted by molar-refractivity contribution is -0.119. The number of urea groups is 1. The molecule has 0 bridgehead atoms. The van der Waals surface area contributed by atoms with Crippen molar-refractivity contribution < 1.29 is 19.1 Å². The second-order valence-electron chi connectivity index (χ2n) is 5.30. The molecule has 3 amide bonds. The van der Waals surface area contributed by atoms with E-state index < -0.39 is 0 Å². The van der Waals surface area contributed by atoms with Crippen molar-refractivity contribution in [1.29, 1.82) is 0 Å². The molecule has 1 saturated heterocycles. The Morgan fingerprint density at radius 3 is 2.48 bits per heavy atom. The summed E-state index contributed by atoms with van der Waals surface area (Å²) in [5.41, 5.74) is 1.06. The van der Waals surface area contributed by atoms with Crippen LogP contribution in [-0.2, 0) is 11.2 Å². The zero-order chi connectivity index (χ0) is 16.7. The van der Waals surface area contributed by atoms with Crippen LogP contribution in [0.25, 0.3) is 0 Å². The number of hydrogen-bond donors (Lipinski definition) is 1. The highest BCUT2D eigenvalue weighted by Crippen LogP contribution is 2.27. The Kier molecular flexibility index (Phi) is 6.08. The first-order valence-electron chi connectivity index (χ1n) is 7.61. The highest BCUT2D eigenvalue weighted by Gasteiger charge is 2.19. The number of rotatable bonds is 6. The van der Waals surface area contributed by atoms with E-state index in [9.17, 15) is 9.59 Å². The molecule has 0 atom stereocenters. The SMILES string of the molecule is COc1ccc(CCNC(=O)N2CCN(C=O)CC2)cc1OC. The predicted octanol–water partition coefficient (Wildman–Crippen LogP) is 0.730. The van der Waals surface area contributed by atoms with Crippen LogP contribution in [0, 0.1) is 0 Å². The van der Waals surface area contributed by atoms with Gasteiger partial charge in [-0.25, -0.2) is 4.79 Å². The zero-order valence-corrected chi connectivity index (χ0v) is 13.6. The van der Waals surface area contributed by atoms with Crippen LogP contribution in [0.3, 0.4) is 0 Å². The van der Waals surface area contributed by atoms with Gasteiger partial charge in [-0.2, -0.15) is 0 Å². The maximum absolute atomic E-state index is 12.1. The number of carbonyl (C=O) groups is 2. The first-order valence-corrected chi connectivity index (χ1v) is 7.61. The van der Waals surface area contributed by atoms with Crippen LogP contribution in [0.2, 0.25) is 0 Å². The molecule has 0 aliphatic carbocycles.